The second-order valence-electron chi connectivity index (χ2n) is 2.29. The van der Waals surface area contributed by atoms with Crippen LogP contribution in [0.2, 0.25) is 0 Å². The SMILES string of the molecule is [Cl-].[NH3+]C(CO)c1ccccc1. The van der Waals surface area contributed by atoms with Gasteiger partial charge in [-0.05, 0) is 0 Å². The third kappa shape index (κ3) is 2.89. The molecule has 2 nitrogen and oxygen atoms in total. The van der Waals surface area contributed by atoms with E-state index in [2.05, 4.69) is 5.73 Å². The third-order valence-electron chi connectivity index (χ3n) is 1.49. The maximum absolute atomic E-state index is 8.73. The third-order valence-corrected chi connectivity index (χ3v) is 1.49. The van der Waals surface area contributed by atoms with Gasteiger partial charge >= 0.3 is 0 Å². The van der Waals surface area contributed by atoms with Gasteiger partial charge < -0.3 is 23.2 Å². The summed E-state index contributed by atoms with van der Waals surface area (Å²) in [5.41, 5.74) is 4.86. The summed E-state index contributed by atoms with van der Waals surface area (Å²) in [6.45, 7) is 0.115. The molecule has 1 aromatic rings. The van der Waals surface area contributed by atoms with Gasteiger partial charge in [0.25, 0.3) is 0 Å². The smallest absolute Gasteiger partial charge is 0.133 e. The molecule has 1 unspecified atom stereocenters. The van der Waals surface area contributed by atoms with E-state index in [9.17, 15) is 0 Å². The lowest BCUT2D eigenvalue weighted by Gasteiger charge is -2.02. The molecule has 0 aliphatic rings. The standard InChI is InChI=1S/C8H11NO.ClH/c9-8(6-10)7-4-2-1-3-5-7;/h1-5,8,10H,6,9H2;1H. The number of quaternary nitrogens is 1. The fraction of sp³-hybridized carbons (Fsp3) is 0.250. The van der Waals surface area contributed by atoms with Crippen molar-refractivity contribution in [1.29, 1.82) is 0 Å². The maximum atomic E-state index is 8.73. The number of rotatable bonds is 2. The second kappa shape index (κ2) is 5.13. The van der Waals surface area contributed by atoms with E-state index in [-0.39, 0.29) is 25.1 Å². The fourth-order valence-electron chi connectivity index (χ4n) is 0.831. The van der Waals surface area contributed by atoms with Crippen LogP contribution in [-0.2, 0) is 0 Å². The highest BCUT2D eigenvalue weighted by molar-refractivity contribution is 5.16. The van der Waals surface area contributed by atoms with Gasteiger partial charge in [0.1, 0.15) is 6.04 Å². The number of aliphatic hydroxyl groups is 1. The maximum Gasteiger partial charge on any atom is 0.133 e. The number of benzene rings is 1. The van der Waals surface area contributed by atoms with E-state index in [1.54, 1.807) is 0 Å². The van der Waals surface area contributed by atoms with E-state index in [1.807, 2.05) is 30.3 Å². The number of aliphatic hydroxyl groups excluding tert-OH is 1. The molecule has 0 aliphatic carbocycles. The Hall–Kier alpha value is -0.570. The molecule has 11 heavy (non-hydrogen) atoms. The Morgan fingerprint density at radius 2 is 1.82 bits per heavy atom. The molecule has 0 heterocycles. The highest BCUT2D eigenvalue weighted by atomic mass is 35.5. The molecule has 0 aliphatic heterocycles. The molecule has 0 bridgehead atoms. The van der Waals surface area contributed by atoms with Gasteiger partial charge in [-0.3, -0.25) is 0 Å². The minimum atomic E-state index is 0. The lowest BCUT2D eigenvalue weighted by Crippen LogP contribution is -3.00. The summed E-state index contributed by atoms with van der Waals surface area (Å²) in [6.07, 6.45) is 0. The quantitative estimate of drug-likeness (QED) is 0.491. The van der Waals surface area contributed by atoms with Gasteiger partial charge in [0.05, 0.1) is 6.61 Å². The average molecular weight is 174 g/mol. The Kier molecular flexibility index (Phi) is 4.86. The van der Waals surface area contributed by atoms with Gasteiger partial charge in [-0.25, -0.2) is 0 Å². The molecule has 1 rings (SSSR count). The summed E-state index contributed by atoms with van der Waals surface area (Å²) in [7, 11) is 0. The minimum Gasteiger partial charge on any atom is -1.00 e. The molecule has 1 atom stereocenters. The molecule has 0 fully saturated rings. The van der Waals surface area contributed by atoms with Gasteiger partial charge in [-0.1, -0.05) is 30.3 Å². The molecular weight excluding hydrogens is 162 g/mol. The Morgan fingerprint density at radius 1 is 1.27 bits per heavy atom. The first-order chi connectivity index (χ1) is 4.84. The Balaban J connectivity index is 0.000001000. The van der Waals surface area contributed by atoms with Crippen LogP contribution in [0.5, 0.6) is 0 Å². The Labute approximate surface area is 72.4 Å². The molecule has 0 amide bonds. The molecule has 0 aromatic heterocycles. The molecule has 1 aromatic carbocycles. The van der Waals surface area contributed by atoms with Crippen molar-refractivity contribution in [2.24, 2.45) is 0 Å². The fourth-order valence-corrected chi connectivity index (χ4v) is 0.831. The first-order valence-electron chi connectivity index (χ1n) is 3.33. The van der Waals surface area contributed by atoms with Crippen LogP contribution in [0.15, 0.2) is 30.3 Å². The molecule has 4 N–H and O–H groups in total. The van der Waals surface area contributed by atoms with Crippen molar-refractivity contribution in [2.75, 3.05) is 6.61 Å². The predicted molar refractivity (Wildman–Crippen MR) is 39.2 cm³/mol. The van der Waals surface area contributed by atoms with Crippen LogP contribution >= 0.6 is 0 Å². The van der Waals surface area contributed by atoms with Crippen molar-refractivity contribution in [3.05, 3.63) is 35.9 Å². The van der Waals surface area contributed by atoms with Crippen LogP contribution in [0.1, 0.15) is 11.6 Å². The van der Waals surface area contributed by atoms with E-state index >= 15 is 0 Å². The number of hydrogen-bond acceptors (Lipinski definition) is 1. The molecule has 3 heteroatoms. The largest absolute Gasteiger partial charge is 1.00 e. The first-order valence-corrected chi connectivity index (χ1v) is 3.33. The summed E-state index contributed by atoms with van der Waals surface area (Å²) >= 11 is 0. The molecule has 0 spiro atoms. The lowest BCUT2D eigenvalue weighted by molar-refractivity contribution is -0.432. The van der Waals surface area contributed by atoms with Crippen molar-refractivity contribution in [3.63, 3.8) is 0 Å². The van der Waals surface area contributed by atoms with Crippen molar-refractivity contribution in [3.8, 4) is 0 Å². The van der Waals surface area contributed by atoms with Gasteiger partial charge in [0.15, 0.2) is 0 Å². The van der Waals surface area contributed by atoms with Gasteiger partial charge in [-0.15, -0.1) is 0 Å². The number of hydrogen-bond donors (Lipinski definition) is 2. The predicted octanol–water partition coefficient (Wildman–Crippen LogP) is -3.03. The molecule has 62 valence electrons. The van der Waals surface area contributed by atoms with Gasteiger partial charge in [0, 0.05) is 5.56 Å². The van der Waals surface area contributed by atoms with E-state index < -0.39 is 0 Å². The van der Waals surface area contributed by atoms with Gasteiger partial charge in [-0.2, -0.15) is 0 Å². The molecule has 0 saturated heterocycles. The first kappa shape index (κ1) is 10.4. The Bertz CT molecular complexity index is 191. The van der Waals surface area contributed by atoms with E-state index in [0.717, 1.165) is 5.56 Å². The zero-order valence-electron chi connectivity index (χ0n) is 6.20. The molecular formula is C8H12ClNO. The van der Waals surface area contributed by atoms with Crippen molar-refractivity contribution >= 4 is 0 Å². The minimum absolute atomic E-state index is 0. The summed E-state index contributed by atoms with van der Waals surface area (Å²) in [5, 5.41) is 8.73. The zero-order chi connectivity index (χ0) is 7.40. The monoisotopic (exact) mass is 173 g/mol. The highest BCUT2D eigenvalue weighted by Gasteiger charge is 2.04. The van der Waals surface area contributed by atoms with E-state index in [0.29, 0.717) is 0 Å². The lowest BCUT2D eigenvalue weighted by atomic mass is 10.1. The summed E-state index contributed by atoms with van der Waals surface area (Å²) in [6, 6.07) is 9.79. The van der Waals surface area contributed by atoms with Crippen LogP contribution in [0.3, 0.4) is 0 Å². The summed E-state index contributed by atoms with van der Waals surface area (Å²) in [5.74, 6) is 0. The summed E-state index contributed by atoms with van der Waals surface area (Å²) < 4.78 is 0. The average Bonchev–Trinajstić information content (AvgIpc) is 2.05. The normalized spacial score (nSPS) is 11.8. The van der Waals surface area contributed by atoms with E-state index in [4.69, 9.17) is 5.11 Å². The number of halogens is 1. The second-order valence-corrected chi connectivity index (χ2v) is 2.29. The Morgan fingerprint density at radius 3 is 2.27 bits per heavy atom. The van der Waals surface area contributed by atoms with Crippen molar-refractivity contribution in [2.45, 2.75) is 6.04 Å². The highest BCUT2D eigenvalue weighted by Crippen LogP contribution is 2.05. The van der Waals surface area contributed by atoms with Crippen LogP contribution in [-0.4, -0.2) is 11.7 Å². The van der Waals surface area contributed by atoms with Crippen LogP contribution < -0.4 is 18.1 Å². The zero-order valence-corrected chi connectivity index (χ0v) is 6.96. The molecule has 0 radical (unpaired) electrons. The van der Waals surface area contributed by atoms with Crippen molar-refractivity contribution < 1.29 is 23.2 Å². The topological polar surface area (TPSA) is 47.9 Å². The van der Waals surface area contributed by atoms with Gasteiger partial charge in [0.2, 0.25) is 0 Å². The van der Waals surface area contributed by atoms with Crippen LogP contribution in [0.25, 0.3) is 0 Å². The van der Waals surface area contributed by atoms with Crippen molar-refractivity contribution in [1.82, 2.24) is 0 Å². The molecule has 0 saturated carbocycles. The van der Waals surface area contributed by atoms with E-state index in [1.165, 1.54) is 0 Å². The van der Waals surface area contributed by atoms with Crippen LogP contribution in [0, 0.1) is 0 Å². The summed E-state index contributed by atoms with van der Waals surface area (Å²) in [4.78, 5) is 0. The van der Waals surface area contributed by atoms with Crippen LogP contribution in [0.4, 0.5) is 0 Å².